The zero-order chi connectivity index (χ0) is 24.1. The maximum atomic E-state index is 13.5. The quantitative estimate of drug-likeness (QED) is 0.689. The Kier molecular flexibility index (Phi) is 8.02. The van der Waals surface area contributed by atoms with Crippen molar-refractivity contribution in [2.45, 2.75) is 26.3 Å². The molecular formula is C24H26ClF2N3O3. The summed E-state index contributed by atoms with van der Waals surface area (Å²) >= 11 is 5.88. The zero-order valence-electron chi connectivity index (χ0n) is 18.5. The van der Waals surface area contributed by atoms with Crippen molar-refractivity contribution in [3.05, 3.63) is 70.2 Å². The number of nitrogens with zero attached hydrogens (tertiary/aromatic N) is 2. The van der Waals surface area contributed by atoms with Crippen molar-refractivity contribution in [3.63, 3.8) is 0 Å². The van der Waals surface area contributed by atoms with Crippen molar-refractivity contribution >= 4 is 29.3 Å². The number of hydrogen-bond acceptors (Lipinski definition) is 3. The fourth-order valence-electron chi connectivity index (χ4n) is 3.65. The largest absolute Gasteiger partial charge is 0.340 e. The van der Waals surface area contributed by atoms with Crippen LogP contribution in [-0.2, 0) is 4.79 Å². The van der Waals surface area contributed by atoms with Crippen LogP contribution < -0.4 is 5.32 Å². The van der Waals surface area contributed by atoms with E-state index in [-0.39, 0.29) is 49.5 Å². The molecule has 1 fully saturated rings. The Hall–Kier alpha value is -3.00. The minimum absolute atomic E-state index is 0.0568. The highest BCUT2D eigenvalue weighted by Crippen LogP contribution is 2.17. The highest BCUT2D eigenvalue weighted by atomic mass is 35.5. The Labute approximate surface area is 196 Å². The number of amides is 3. The molecule has 2 aromatic rings. The van der Waals surface area contributed by atoms with Gasteiger partial charge in [-0.2, -0.15) is 0 Å². The van der Waals surface area contributed by atoms with Crippen molar-refractivity contribution in [1.29, 1.82) is 0 Å². The number of piperazine rings is 1. The molecule has 0 aromatic heterocycles. The lowest BCUT2D eigenvalue weighted by atomic mass is 9.97. The monoisotopic (exact) mass is 477 g/mol. The van der Waals surface area contributed by atoms with E-state index in [1.807, 2.05) is 13.8 Å². The standard InChI is InChI=1S/C24H26ClF2N3O3/c1-3-15(2)21(28-22(31)16-4-7-18(25)8-5-16)24(33)30-12-10-29(11-13-30)23(32)17-6-9-19(26)20(27)14-17/h4-9,14-15,21H,3,10-13H2,1-2H3,(H,28,31). The third-order valence-corrected chi connectivity index (χ3v) is 6.17. The fourth-order valence-corrected chi connectivity index (χ4v) is 3.77. The molecular weight excluding hydrogens is 452 g/mol. The zero-order valence-corrected chi connectivity index (χ0v) is 19.2. The Bertz CT molecular complexity index is 1020. The van der Waals surface area contributed by atoms with Gasteiger partial charge in [0.15, 0.2) is 11.6 Å². The van der Waals surface area contributed by atoms with Crippen molar-refractivity contribution in [3.8, 4) is 0 Å². The summed E-state index contributed by atoms with van der Waals surface area (Å²) in [5.41, 5.74) is 0.462. The summed E-state index contributed by atoms with van der Waals surface area (Å²) in [6.45, 7) is 4.89. The summed E-state index contributed by atoms with van der Waals surface area (Å²) in [7, 11) is 0. The van der Waals surface area contributed by atoms with Crippen LogP contribution in [0.2, 0.25) is 5.02 Å². The summed E-state index contributed by atoms with van der Waals surface area (Å²) in [4.78, 5) is 41.7. The number of benzene rings is 2. The minimum Gasteiger partial charge on any atom is -0.340 e. The molecule has 2 atom stereocenters. The highest BCUT2D eigenvalue weighted by molar-refractivity contribution is 6.30. The topological polar surface area (TPSA) is 69.7 Å². The van der Waals surface area contributed by atoms with E-state index in [1.165, 1.54) is 11.0 Å². The van der Waals surface area contributed by atoms with Gasteiger partial charge >= 0.3 is 0 Å². The average Bonchev–Trinajstić information content (AvgIpc) is 2.83. The first-order chi connectivity index (χ1) is 15.7. The minimum atomic E-state index is -1.08. The van der Waals surface area contributed by atoms with Crippen LogP contribution in [0.4, 0.5) is 8.78 Å². The predicted molar refractivity (Wildman–Crippen MR) is 121 cm³/mol. The maximum Gasteiger partial charge on any atom is 0.254 e. The van der Waals surface area contributed by atoms with Crippen LogP contribution >= 0.6 is 11.6 Å². The van der Waals surface area contributed by atoms with Crippen LogP contribution in [0.25, 0.3) is 0 Å². The molecule has 0 aliphatic carbocycles. The van der Waals surface area contributed by atoms with E-state index < -0.39 is 23.6 Å². The van der Waals surface area contributed by atoms with Crippen LogP contribution in [0.5, 0.6) is 0 Å². The molecule has 2 unspecified atom stereocenters. The highest BCUT2D eigenvalue weighted by Gasteiger charge is 2.33. The van der Waals surface area contributed by atoms with Crippen molar-refractivity contribution < 1.29 is 23.2 Å². The molecule has 3 rings (SSSR count). The third-order valence-electron chi connectivity index (χ3n) is 5.92. The summed E-state index contributed by atoms with van der Waals surface area (Å²) in [6, 6.07) is 8.73. The van der Waals surface area contributed by atoms with Gasteiger partial charge in [0.25, 0.3) is 11.8 Å². The Morgan fingerprint density at radius 2 is 1.52 bits per heavy atom. The molecule has 1 aliphatic rings. The lowest BCUT2D eigenvalue weighted by Crippen LogP contribution is -2.57. The Morgan fingerprint density at radius 3 is 2.09 bits per heavy atom. The smallest absolute Gasteiger partial charge is 0.254 e. The van der Waals surface area contributed by atoms with Crippen LogP contribution in [0.1, 0.15) is 41.0 Å². The lowest BCUT2D eigenvalue weighted by Gasteiger charge is -2.37. The van der Waals surface area contributed by atoms with Crippen molar-refractivity contribution in [1.82, 2.24) is 15.1 Å². The van der Waals surface area contributed by atoms with E-state index in [0.29, 0.717) is 17.0 Å². The van der Waals surface area contributed by atoms with E-state index in [4.69, 9.17) is 11.6 Å². The van der Waals surface area contributed by atoms with Gasteiger partial charge in [0.1, 0.15) is 6.04 Å². The summed E-state index contributed by atoms with van der Waals surface area (Å²) in [6.07, 6.45) is 0.686. The van der Waals surface area contributed by atoms with Gasteiger partial charge in [0.05, 0.1) is 0 Å². The maximum absolute atomic E-state index is 13.5. The normalized spacial score (nSPS) is 15.7. The van der Waals surface area contributed by atoms with Gasteiger partial charge in [-0.05, 0) is 48.4 Å². The summed E-state index contributed by atoms with van der Waals surface area (Å²) in [5, 5.41) is 3.35. The molecule has 1 aliphatic heterocycles. The van der Waals surface area contributed by atoms with E-state index >= 15 is 0 Å². The van der Waals surface area contributed by atoms with Crippen LogP contribution in [-0.4, -0.2) is 59.7 Å². The van der Waals surface area contributed by atoms with Gasteiger partial charge in [-0.25, -0.2) is 8.78 Å². The van der Waals surface area contributed by atoms with Crippen LogP contribution in [0.15, 0.2) is 42.5 Å². The van der Waals surface area contributed by atoms with Gasteiger partial charge in [-0.15, -0.1) is 0 Å². The number of carbonyl (C=O) groups is 3. The van der Waals surface area contributed by atoms with Crippen molar-refractivity contribution in [2.24, 2.45) is 5.92 Å². The molecule has 1 saturated heterocycles. The SMILES string of the molecule is CCC(C)C(NC(=O)c1ccc(Cl)cc1)C(=O)N1CCN(C(=O)c2ccc(F)c(F)c2)CC1. The molecule has 1 N–H and O–H groups in total. The molecule has 3 amide bonds. The molecule has 0 spiro atoms. The molecule has 176 valence electrons. The number of rotatable bonds is 6. The second-order valence-electron chi connectivity index (χ2n) is 8.09. The molecule has 2 aromatic carbocycles. The third kappa shape index (κ3) is 5.87. The van der Waals surface area contributed by atoms with Gasteiger partial charge in [0.2, 0.25) is 5.91 Å². The molecule has 9 heteroatoms. The molecule has 0 radical (unpaired) electrons. The second kappa shape index (κ2) is 10.7. The van der Waals surface area contributed by atoms with Crippen LogP contribution in [0.3, 0.4) is 0 Å². The number of halogens is 3. The summed E-state index contributed by atoms with van der Waals surface area (Å²) < 4.78 is 26.6. The van der Waals surface area contributed by atoms with Crippen LogP contribution in [0, 0.1) is 17.6 Å². The first-order valence-corrected chi connectivity index (χ1v) is 11.2. The summed E-state index contributed by atoms with van der Waals surface area (Å²) in [5.74, 6) is -3.20. The molecule has 6 nitrogen and oxygen atoms in total. The number of nitrogens with one attached hydrogen (secondary N) is 1. The molecule has 33 heavy (non-hydrogen) atoms. The number of carbonyl (C=O) groups excluding carboxylic acids is 3. The van der Waals surface area contributed by atoms with Crippen molar-refractivity contribution in [2.75, 3.05) is 26.2 Å². The molecule has 1 heterocycles. The van der Waals surface area contributed by atoms with E-state index in [1.54, 1.807) is 29.2 Å². The number of hydrogen-bond donors (Lipinski definition) is 1. The van der Waals surface area contributed by atoms with E-state index in [0.717, 1.165) is 12.1 Å². The predicted octanol–water partition coefficient (Wildman–Crippen LogP) is 3.75. The molecule has 0 saturated carbocycles. The molecule has 0 bridgehead atoms. The van der Waals surface area contributed by atoms with Gasteiger partial charge in [0, 0.05) is 42.3 Å². The van der Waals surface area contributed by atoms with E-state index in [9.17, 15) is 23.2 Å². The first kappa shape index (κ1) is 24.6. The van der Waals surface area contributed by atoms with E-state index in [2.05, 4.69) is 5.32 Å². The average molecular weight is 478 g/mol. The Morgan fingerprint density at radius 1 is 0.939 bits per heavy atom. The van der Waals surface area contributed by atoms with Gasteiger partial charge in [-0.1, -0.05) is 31.9 Å². The second-order valence-corrected chi connectivity index (χ2v) is 8.53. The fraction of sp³-hybridized carbons (Fsp3) is 0.375. The lowest BCUT2D eigenvalue weighted by molar-refractivity contribution is -0.136. The van der Waals surface area contributed by atoms with Gasteiger partial charge in [-0.3, -0.25) is 14.4 Å². The Balaban J connectivity index is 1.64. The first-order valence-electron chi connectivity index (χ1n) is 10.8. The van der Waals surface area contributed by atoms with Gasteiger partial charge < -0.3 is 15.1 Å².